The van der Waals surface area contributed by atoms with E-state index in [-0.39, 0.29) is 5.69 Å². The SMILES string of the molecule is O=[N+]([O-])c1cccc(C=N[n+]2ccccc2)c1. The van der Waals surface area contributed by atoms with Crippen LogP contribution in [-0.4, -0.2) is 11.1 Å². The first kappa shape index (κ1) is 10.9. The van der Waals surface area contributed by atoms with Crippen LogP contribution < -0.4 is 4.68 Å². The maximum absolute atomic E-state index is 10.6. The zero-order valence-corrected chi connectivity index (χ0v) is 8.93. The highest BCUT2D eigenvalue weighted by Crippen LogP contribution is 2.11. The fourth-order valence-electron chi connectivity index (χ4n) is 1.32. The maximum Gasteiger partial charge on any atom is 0.270 e. The minimum absolute atomic E-state index is 0.0620. The van der Waals surface area contributed by atoms with E-state index in [1.165, 1.54) is 12.1 Å². The van der Waals surface area contributed by atoms with Crippen LogP contribution in [0.3, 0.4) is 0 Å². The van der Waals surface area contributed by atoms with Gasteiger partial charge in [-0.1, -0.05) is 22.9 Å². The topological polar surface area (TPSA) is 59.4 Å². The number of non-ortho nitro benzene ring substituents is 1. The summed E-state index contributed by atoms with van der Waals surface area (Å²) in [6.07, 6.45) is 5.15. The monoisotopic (exact) mass is 228 g/mol. The molecule has 0 spiro atoms. The van der Waals surface area contributed by atoms with Crippen LogP contribution >= 0.6 is 0 Å². The van der Waals surface area contributed by atoms with E-state index in [0.29, 0.717) is 5.56 Å². The van der Waals surface area contributed by atoms with Gasteiger partial charge in [0, 0.05) is 29.8 Å². The zero-order valence-electron chi connectivity index (χ0n) is 8.93. The van der Waals surface area contributed by atoms with Gasteiger partial charge < -0.3 is 0 Å². The molecular weight excluding hydrogens is 218 g/mol. The Labute approximate surface area is 97.8 Å². The molecule has 0 saturated carbocycles. The molecular formula is C12H10N3O2+. The quantitative estimate of drug-likeness (QED) is 0.348. The first-order valence-corrected chi connectivity index (χ1v) is 5.01. The van der Waals surface area contributed by atoms with E-state index in [1.807, 2.05) is 18.2 Å². The van der Waals surface area contributed by atoms with E-state index in [2.05, 4.69) is 5.10 Å². The van der Waals surface area contributed by atoms with E-state index < -0.39 is 4.92 Å². The lowest BCUT2D eigenvalue weighted by Crippen LogP contribution is -2.25. The van der Waals surface area contributed by atoms with Crippen LogP contribution in [0.5, 0.6) is 0 Å². The lowest BCUT2D eigenvalue weighted by Gasteiger charge is -1.92. The highest BCUT2D eigenvalue weighted by molar-refractivity contribution is 5.80. The predicted octanol–water partition coefficient (Wildman–Crippen LogP) is 1.76. The highest BCUT2D eigenvalue weighted by Gasteiger charge is 2.04. The van der Waals surface area contributed by atoms with Crippen LogP contribution in [0.1, 0.15) is 5.56 Å². The Morgan fingerprint density at radius 3 is 2.65 bits per heavy atom. The zero-order chi connectivity index (χ0) is 12.1. The summed E-state index contributed by atoms with van der Waals surface area (Å²) in [5.74, 6) is 0. The number of rotatable bonds is 3. The van der Waals surface area contributed by atoms with Gasteiger partial charge in [0.1, 0.15) is 6.21 Å². The number of hydrogen-bond donors (Lipinski definition) is 0. The van der Waals surface area contributed by atoms with Gasteiger partial charge in [-0.15, -0.1) is 0 Å². The maximum atomic E-state index is 10.6. The van der Waals surface area contributed by atoms with E-state index in [0.717, 1.165) is 0 Å². The second kappa shape index (κ2) is 4.98. The molecule has 0 aliphatic carbocycles. The molecule has 0 radical (unpaired) electrons. The molecule has 0 aliphatic rings. The third kappa shape index (κ3) is 2.94. The predicted molar refractivity (Wildman–Crippen MR) is 62.7 cm³/mol. The molecule has 0 bridgehead atoms. The molecule has 0 saturated heterocycles. The minimum Gasteiger partial charge on any atom is -0.258 e. The van der Waals surface area contributed by atoms with Gasteiger partial charge in [0.05, 0.1) is 4.92 Å². The van der Waals surface area contributed by atoms with Crippen LogP contribution in [0.15, 0.2) is 60.0 Å². The first-order valence-electron chi connectivity index (χ1n) is 5.01. The summed E-state index contributed by atoms with van der Waals surface area (Å²) < 4.78 is 1.62. The van der Waals surface area contributed by atoms with Crippen molar-refractivity contribution in [1.82, 2.24) is 0 Å². The summed E-state index contributed by atoms with van der Waals surface area (Å²) in [6.45, 7) is 0. The van der Waals surface area contributed by atoms with Crippen molar-refractivity contribution in [3.05, 3.63) is 70.5 Å². The molecule has 0 amide bonds. The molecule has 0 unspecified atom stereocenters. The van der Waals surface area contributed by atoms with Gasteiger partial charge in [-0.25, -0.2) is 0 Å². The molecule has 17 heavy (non-hydrogen) atoms. The molecule has 2 rings (SSSR count). The molecule has 0 atom stereocenters. The Bertz CT molecular complexity index is 553. The van der Waals surface area contributed by atoms with Crippen molar-refractivity contribution in [2.24, 2.45) is 5.10 Å². The first-order chi connectivity index (χ1) is 8.25. The summed E-state index contributed by atoms with van der Waals surface area (Å²) in [5.41, 5.74) is 0.752. The average molecular weight is 228 g/mol. The number of pyridine rings is 1. The molecule has 0 N–H and O–H groups in total. The summed E-state index contributed by atoms with van der Waals surface area (Å²) in [7, 11) is 0. The van der Waals surface area contributed by atoms with Crippen LogP contribution in [0.4, 0.5) is 5.69 Å². The van der Waals surface area contributed by atoms with Gasteiger partial charge in [0.25, 0.3) is 5.69 Å². The fourth-order valence-corrected chi connectivity index (χ4v) is 1.32. The number of nitro benzene ring substituents is 1. The molecule has 1 heterocycles. The number of benzene rings is 1. The lowest BCUT2D eigenvalue weighted by atomic mass is 10.2. The van der Waals surface area contributed by atoms with E-state index >= 15 is 0 Å². The lowest BCUT2D eigenvalue weighted by molar-refractivity contribution is -0.678. The van der Waals surface area contributed by atoms with Crippen LogP contribution in [0.2, 0.25) is 0 Å². The van der Waals surface area contributed by atoms with Gasteiger partial charge in [0.15, 0.2) is 0 Å². The van der Waals surface area contributed by atoms with Gasteiger partial charge in [-0.2, -0.15) is 0 Å². The normalized spacial score (nSPS) is 10.6. The second-order valence-electron chi connectivity index (χ2n) is 3.35. The molecule has 1 aromatic heterocycles. The second-order valence-corrected chi connectivity index (χ2v) is 3.35. The third-order valence-electron chi connectivity index (χ3n) is 2.12. The largest absolute Gasteiger partial charge is 0.270 e. The Hall–Kier alpha value is -2.56. The number of aromatic nitrogens is 1. The average Bonchev–Trinajstić information content (AvgIpc) is 2.38. The van der Waals surface area contributed by atoms with Gasteiger partial charge >= 0.3 is 0 Å². The Balaban J connectivity index is 2.22. The Morgan fingerprint density at radius 1 is 1.18 bits per heavy atom. The van der Waals surface area contributed by atoms with Crippen LogP contribution in [-0.2, 0) is 0 Å². The summed E-state index contributed by atoms with van der Waals surface area (Å²) in [5, 5.41) is 14.7. The number of nitro groups is 1. The number of nitrogens with zero attached hydrogens (tertiary/aromatic N) is 3. The summed E-state index contributed by atoms with van der Waals surface area (Å²) >= 11 is 0. The molecule has 1 aromatic carbocycles. The smallest absolute Gasteiger partial charge is 0.258 e. The van der Waals surface area contributed by atoms with Gasteiger partial charge in [-0.05, 0) is 5.10 Å². The van der Waals surface area contributed by atoms with E-state index in [1.54, 1.807) is 35.4 Å². The molecule has 5 heteroatoms. The Kier molecular flexibility index (Phi) is 3.20. The Morgan fingerprint density at radius 2 is 1.94 bits per heavy atom. The molecule has 2 aromatic rings. The molecule has 0 aliphatic heterocycles. The van der Waals surface area contributed by atoms with Crippen molar-refractivity contribution in [1.29, 1.82) is 0 Å². The van der Waals surface area contributed by atoms with Crippen molar-refractivity contribution in [3.8, 4) is 0 Å². The minimum atomic E-state index is -0.424. The van der Waals surface area contributed by atoms with E-state index in [4.69, 9.17) is 0 Å². The summed E-state index contributed by atoms with van der Waals surface area (Å²) in [6, 6.07) is 11.9. The third-order valence-corrected chi connectivity index (χ3v) is 2.12. The van der Waals surface area contributed by atoms with Crippen LogP contribution in [0, 0.1) is 10.1 Å². The van der Waals surface area contributed by atoms with E-state index in [9.17, 15) is 10.1 Å². The van der Waals surface area contributed by atoms with Gasteiger partial charge in [-0.3, -0.25) is 10.1 Å². The molecule has 84 valence electrons. The van der Waals surface area contributed by atoms with Crippen molar-refractivity contribution >= 4 is 11.9 Å². The molecule has 5 nitrogen and oxygen atoms in total. The van der Waals surface area contributed by atoms with Crippen molar-refractivity contribution < 1.29 is 9.60 Å². The van der Waals surface area contributed by atoms with Gasteiger partial charge in [0.2, 0.25) is 12.4 Å². The number of hydrogen-bond acceptors (Lipinski definition) is 3. The highest BCUT2D eigenvalue weighted by atomic mass is 16.6. The van der Waals surface area contributed by atoms with Crippen molar-refractivity contribution in [3.63, 3.8) is 0 Å². The van der Waals surface area contributed by atoms with Crippen molar-refractivity contribution in [2.45, 2.75) is 0 Å². The molecule has 0 fully saturated rings. The van der Waals surface area contributed by atoms with Crippen LogP contribution in [0.25, 0.3) is 0 Å². The van der Waals surface area contributed by atoms with Crippen molar-refractivity contribution in [2.75, 3.05) is 0 Å². The summed E-state index contributed by atoms with van der Waals surface area (Å²) in [4.78, 5) is 10.2. The standard InChI is InChI=1S/C12H10N3O2/c16-15(17)12-6-4-5-11(9-12)10-13-14-7-2-1-3-8-14/h1-10H/q+1. The fraction of sp³-hybridized carbons (Fsp3) is 0.